The molecule has 0 bridgehead atoms. The Hall–Kier alpha value is -1.28. The quantitative estimate of drug-likeness (QED) is 0.509. The van der Waals surface area contributed by atoms with Crippen LogP contribution < -0.4 is 5.32 Å². The third-order valence-corrected chi connectivity index (χ3v) is 1.26. The highest BCUT2D eigenvalue weighted by Gasteiger charge is 2.17. The first-order valence-electron chi connectivity index (χ1n) is 3.96. The van der Waals surface area contributed by atoms with E-state index in [1.54, 1.807) is 0 Å². The van der Waals surface area contributed by atoms with Gasteiger partial charge in [0.1, 0.15) is 19.3 Å². The fourth-order valence-corrected chi connectivity index (χ4v) is 0.590. The van der Waals surface area contributed by atoms with Gasteiger partial charge in [-0.3, -0.25) is 4.79 Å². The smallest absolute Gasteiger partial charge is 0.329 e. The first-order chi connectivity index (χ1) is 6.93. The highest BCUT2D eigenvalue weighted by atomic mass is 19.3. The van der Waals surface area contributed by atoms with Crippen LogP contribution in [0, 0.1) is 0 Å². The Labute approximate surface area is 83.8 Å². The molecule has 6 nitrogen and oxygen atoms in total. The number of hydrogen-bond acceptors (Lipinski definition) is 4. The first kappa shape index (κ1) is 13.7. The number of carbonyl (C=O) groups is 2. The molecule has 0 aromatic rings. The molecule has 0 radical (unpaired) electrons. The van der Waals surface area contributed by atoms with Gasteiger partial charge >= 0.3 is 5.97 Å². The Balaban J connectivity index is 3.53. The van der Waals surface area contributed by atoms with Gasteiger partial charge in [-0.1, -0.05) is 0 Å². The van der Waals surface area contributed by atoms with E-state index >= 15 is 0 Å². The molecule has 88 valence electrons. The Bertz CT molecular complexity index is 223. The van der Waals surface area contributed by atoms with Crippen LogP contribution in [0.25, 0.3) is 0 Å². The molecule has 0 spiro atoms. The number of carboxylic acids is 1. The number of nitrogens with one attached hydrogen (secondary N) is 1. The Morgan fingerprint density at radius 3 is 2.40 bits per heavy atom. The average molecular weight is 227 g/mol. The zero-order chi connectivity index (χ0) is 11.8. The minimum atomic E-state index is -2.94. The van der Waals surface area contributed by atoms with Gasteiger partial charge in [0.25, 0.3) is 6.43 Å². The van der Waals surface area contributed by atoms with Gasteiger partial charge in [-0.05, 0) is 0 Å². The summed E-state index contributed by atoms with van der Waals surface area (Å²) in [7, 11) is 0. The summed E-state index contributed by atoms with van der Waals surface area (Å²) in [5.74, 6) is -2.01. The highest BCUT2D eigenvalue weighted by Crippen LogP contribution is 1.98. The van der Waals surface area contributed by atoms with Gasteiger partial charge in [-0.15, -0.1) is 0 Å². The van der Waals surface area contributed by atoms with Crippen LogP contribution in [-0.4, -0.2) is 54.4 Å². The maximum Gasteiger partial charge on any atom is 0.329 e. The molecule has 0 saturated heterocycles. The van der Waals surface area contributed by atoms with Crippen LogP contribution in [-0.2, 0) is 14.3 Å². The molecule has 0 fully saturated rings. The van der Waals surface area contributed by atoms with Crippen molar-refractivity contribution in [2.24, 2.45) is 0 Å². The van der Waals surface area contributed by atoms with Crippen molar-refractivity contribution in [3.05, 3.63) is 0 Å². The van der Waals surface area contributed by atoms with E-state index in [1.165, 1.54) is 0 Å². The first-order valence-corrected chi connectivity index (χ1v) is 3.96. The topological polar surface area (TPSA) is 95.9 Å². The summed E-state index contributed by atoms with van der Waals surface area (Å²) in [6.45, 7) is -1.81. The molecule has 0 aromatic carbocycles. The summed E-state index contributed by atoms with van der Waals surface area (Å²) < 4.78 is 27.8. The van der Waals surface area contributed by atoms with Gasteiger partial charge in [-0.2, -0.15) is 0 Å². The number of ether oxygens (including phenoxy) is 1. The number of aliphatic carboxylic acids is 1. The van der Waals surface area contributed by atoms with Crippen molar-refractivity contribution in [2.45, 2.75) is 12.5 Å². The summed E-state index contributed by atoms with van der Waals surface area (Å²) in [5.41, 5.74) is 0. The average Bonchev–Trinajstić information content (AvgIpc) is 2.13. The third kappa shape index (κ3) is 7.77. The fourth-order valence-electron chi connectivity index (χ4n) is 0.590. The predicted molar refractivity (Wildman–Crippen MR) is 43.5 cm³/mol. The van der Waals surface area contributed by atoms with Crippen LogP contribution in [0.5, 0.6) is 0 Å². The molecule has 0 aromatic heterocycles. The largest absolute Gasteiger partial charge is 0.480 e. The van der Waals surface area contributed by atoms with Crippen molar-refractivity contribution in [1.29, 1.82) is 0 Å². The number of alkyl halides is 2. The number of carboxylic acid groups (broad SMARTS) is 1. The van der Waals surface area contributed by atoms with Crippen molar-refractivity contribution in [2.75, 3.05) is 19.8 Å². The second-order valence-electron chi connectivity index (χ2n) is 2.59. The maximum absolute atomic E-state index is 11.7. The standard InChI is InChI=1S/C7H11F2NO5/c8-7(9)4(11)1-10-5(12)2-15-3-6(13)14/h4,7,11H,1-3H2,(H,10,12)(H,13,14). The van der Waals surface area contributed by atoms with E-state index in [9.17, 15) is 18.4 Å². The van der Waals surface area contributed by atoms with E-state index in [2.05, 4.69) is 4.74 Å². The van der Waals surface area contributed by atoms with Gasteiger partial charge in [0.2, 0.25) is 5.91 Å². The van der Waals surface area contributed by atoms with Crippen LogP contribution in [0.1, 0.15) is 0 Å². The highest BCUT2D eigenvalue weighted by molar-refractivity contribution is 5.77. The van der Waals surface area contributed by atoms with E-state index < -0.39 is 44.2 Å². The lowest BCUT2D eigenvalue weighted by atomic mass is 10.3. The van der Waals surface area contributed by atoms with E-state index in [0.717, 1.165) is 0 Å². The van der Waals surface area contributed by atoms with Crippen molar-refractivity contribution in [3.63, 3.8) is 0 Å². The third-order valence-electron chi connectivity index (χ3n) is 1.26. The van der Waals surface area contributed by atoms with Crippen molar-refractivity contribution >= 4 is 11.9 Å². The summed E-state index contributed by atoms with van der Waals surface area (Å²) in [6.07, 6.45) is -4.88. The molecule has 1 amide bonds. The molecular weight excluding hydrogens is 216 g/mol. The predicted octanol–water partition coefficient (Wildman–Crippen LogP) is -1.17. The van der Waals surface area contributed by atoms with E-state index in [4.69, 9.17) is 10.2 Å². The van der Waals surface area contributed by atoms with Crippen LogP contribution in [0.4, 0.5) is 8.78 Å². The summed E-state index contributed by atoms with van der Waals surface area (Å²) in [4.78, 5) is 20.7. The number of aliphatic hydroxyl groups excluding tert-OH is 1. The van der Waals surface area contributed by atoms with E-state index in [1.807, 2.05) is 5.32 Å². The van der Waals surface area contributed by atoms with E-state index in [-0.39, 0.29) is 0 Å². The molecule has 0 heterocycles. The molecule has 0 rings (SSSR count). The molecule has 1 atom stereocenters. The number of amides is 1. The van der Waals surface area contributed by atoms with Crippen LogP contribution in [0.2, 0.25) is 0 Å². The molecule has 1 unspecified atom stereocenters. The molecular formula is C7H11F2NO5. The Morgan fingerprint density at radius 2 is 1.93 bits per heavy atom. The van der Waals surface area contributed by atoms with Gasteiger partial charge in [0.05, 0.1) is 0 Å². The van der Waals surface area contributed by atoms with Gasteiger partial charge in [-0.25, -0.2) is 13.6 Å². The molecule has 0 saturated carbocycles. The van der Waals surface area contributed by atoms with Crippen LogP contribution in [0.15, 0.2) is 0 Å². The monoisotopic (exact) mass is 227 g/mol. The number of carbonyl (C=O) groups excluding carboxylic acids is 1. The summed E-state index contributed by atoms with van der Waals surface area (Å²) >= 11 is 0. The zero-order valence-electron chi connectivity index (χ0n) is 7.65. The number of rotatable bonds is 7. The van der Waals surface area contributed by atoms with Gasteiger partial charge in [0, 0.05) is 6.54 Å². The van der Waals surface area contributed by atoms with Crippen molar-refractivity contribution < 1.29 is 33.3 Å². The lowest BCUT2D eigenvalue weighted by Gasteiger charge is -2.10. The lowest BCUT2D eigenvalue weighted by Crippen LogP contribution is -2.37. The number of aliphatic hydroxyl groups is 1. The molecule has 0 aliphatic heterocycles. The van der Waals surface area contributed by atoms with Crippen LogP contribution in [0.3, 0.4) is 0 Å². The summed E-state index contributed by atoms with van der Waals surface area (Å²) in [6, 6.07) is 0. The molecule has 3 N–H and O–H groups in total. The number of halogens is 2. The Morgan fingerprint density at radius 1 is 1.33 bits per heavy atom. The lowest BCUT2D eigenvalue weighted by molar-refractivity contribution is -0.143. The molecule has 0 aliphatic carbocycles. The molecule has 8 heteroatoms. The summed E-state index contributed by atoms with van der Waals surface area (Å²) in [5, 5.41) is 18.7. The Kier molecular flexibility index (Phi) is 6.47. The van der Waals surface area contributed by atoms with Crippen molar-refractivity contribution in [1.82, 2.24) is 5.32 Å². The second-order valence-corrected chi connectivity index (χ2v) is 2.59. The minimum Gasteiger partial charge on any atom is -0.480 e. The molecule has 0 aliphatic rings. The van der Waals surface area contributed by atoms with Crippen LogP contribution >= 0.6 is 0 Å². The minimum absolute atomic E-state index is 0.553. The fraction of sp³-hybridized carbons (Fsp3) is 0.714. The van der Waals surface area contributed by atoms with Gasteiger partial charge < -0.3 is 20.3 Å². The second kappa shape index (κ2) is 7.07. The normalized spacial score (nSPS) is 12.5. The van der Waals surface area contributed by atoms with Crippen molar-refractivity contribution in [3.8, 4) is 0 Å². The zero-order valence-corrected chi connectivity index (χ0v) is 7.65. The number of hydrogen-bond donors (Lipinski definition) is 3. The van der Waals surface area contributed by atoms with E-state index in [0.29, 0.717) is 0 Å². The maximum atomic E-state index is 11.7. The SMILES string of the molecule is O=C(O)COCC(=O)NCC(O)C(F)F. The van der Waals surface area contributed by atoms with Gasteiger partial charge in [0.15, 0.2) is 0 Å². The molecule has 15 heavy (non-hydrogen) atoms.